The van der Waals surface area contributed by atoms with Crippen LogP contribution in [-0.2, 0) is 21.6 Å². The minimum absolute atomic E-state index is 0.0303. The summed E-state index contributed by atoms with van der Waals surface area (Å²) in [6, 6.07) is 7.18. The standard InChI is InChI=1S/C22H24O6S2/c1-12(2)10-29(26)15-8-17-20(23)16-7-14(22(24)25)5-6-18(16)28-21(17)19(9-15)30(27)11-13(3)4/h5-9,12-13H,10-11H2,1-4H3,(H,24,25). The van der Waals surface area contributed by atoms with Gasteiger partial charge in [0, 0.05) is 16.4 Å². The molecule has 0 radical (unpaired) electrons. The number of hydrogen-bond donors (Lipinski definition) is 1. The molecular weight excluding hydrogens is 424 g/mol. The van der Waals surface area contributed by atoms with Crippen LogP contribution in [0.4, 0.5) is 0 Å². The molecule has 0 fully saturated rings. The molecule has 8 heteroatoms. The van der Waals surface area contributed by atoms with E-state index in [0.29, 0.717) is 21.3 Å². The van der Waals surface area contributed by atoms with Crippen molar-refractivity contribution in [2.45, 2.75) is 37.5 Å². The number of carboxylic acid groups (broad SMARTS) is 1. The lowest BCUT2D eigenvalue weighted by molar-refractivity contribution is 0.0697. The van der Waals surface area contributed by atoms with Crippen molar-refractivity contribution in [3.8, 4) is 0 Å². The molecule has 1 aromatic heterocycles. The number of benzene rings is 2. The molecule has 3 aromatic rings. The molecule has 0 amide bonds. The molecule has 30 heavy (non-hydrogen) atoms. The first kappa shape index (κ1) is 22.4. The van der Waals surface area contributed by atoms with Gasteiger partial charge in [-0.3, -0.25) is 13.2 Å². The van der Waals surface area contributed by atoms with Gasteiger partial charge in [0.15, 0.2) is 5.58 Å². The monoisotopic (exact) mass is 448 g/mol. The van der Waals surface area contributed by atoms with Crippen LogP contribution >= 0.6 is 0 Å². The van der Waals surface area contributed by atoms with Gasteiger partial charge >= 0.3 is 5.97 Å². The van der Waals surface area contributed by atoms with Crippen LogP contribution in [0.1, 0.15) is 38.1 Å². The largest absolute Gasteiger partial charge is 0.478 e. The second kappa shape index (κ2) is 8.81. The van der Waals surface area contributed by atoms with E-state index in [4.69, 9.17) is 4.42 Å². The third-order valence-corrected chi connectivity index (χ3v) is 7.93. The van der Waals surface area contributed by atoms with Crippen molar-refractivity contribution in [2.75, 3.05) is 11.5 Å². The second-order valence-electron chi connectivity index (χ2n) is 8.06. The molecule has 2 unspecified atom stereocenters. The summed E-state index contributed by atoms with van der Waals surface area (Å²) in [5, 5.41) is 9.52. The quantitative estimate of drug-likeness (QED) is 0.544. The molecule has 1 heterocycles. The van der Waals surface area contributed by atoms with Crippen LogP contribution in [-0.4, -0.2) is 31.0 Å². The van der Waals surface area contributed by atoms with E-state index >= 15 is 0 Å². The highest BCUT2D eigenvalue weighted by atomic mass is 32.2. The van der Waals surface area contributed by atoms with Crippen molar-refractivity contribution in [3.05, 3.63) is 46.1 Å². The Morgan fingerprint density at radius 2 is 1.60 bits per heavy atom. The minimum Gasteiger partial charge on any atom is -0.478 e. The first-order valence-corrected chi connectivity index (χ1v) is 12.3. The SMILES string of the molecule is CC(C)CS(=O)c1cc(S(=O)CC(C)C)c2oc3ccc(C(=O)O)cc3c(=O)c2c1. The van der Waals surface area contributed by atoms with Crippen LogP contribution < -0.4 is 5.43 Å². The van der Waals surface area contributed by atoms with Crippen molar-refractivity contribution >= 4 is 49.5 Å². The molecule has 160 valence electrons. The van der Waals surface area contributed by atoms with E-state index in [1.54, 1.807) is 6.07 Å². The molecule has 3 rings (SSSR count). The lowest BCUT2D eigenvalue weighted by atomic mass is 10.1. The van der Waals surface area contributed by atoms with Crippen molar-refractivity contribution in [3.63, 3.8) is 0 Å². The number of carboxylic acids is 1. The summed E-state index contributed by atoms with van der Waals surface area (Å²) in [4.78, 5) is 25.3. The van der Waals surface area contributed by atoms with E-state index in [1.807, 2.05) is 27.7 Å². The molecule has 0 spiro atoms. The molecule has 0 aliphatic carbocycles. The lowest BCUT2D eigenvalue weighted by Crippen LogP contribution is -2.11. The highest BCUT2D eigenvalue weighted by Crippen LogP contribution is 2.29. The highest BCUT2D eigenvalue weighted by Gasteiger charge is 2.20. The Kier molecular flexibility index (Phi) is 6.57. The third kappa shape index (κ3) is 4.54. The van der Waals surface area contributed by atoms with E-state index < -0.39 is 33.0 Å². The van der Waals surface area contributed by atoms with Crippen LogP contribution in [0.2, 0.25) is 0 Å². The number of fused-ring (bicyclic) bond motifs is 2. The van der Waals surface area contributed by atoms with Gasteiger partial charge < -0.3 is 9.52 Å². The second-order valence-corrected chi connectivity index (χ2v) is 11.0. The molecule has 2 atom stereocenters. The van der Waals surface area contributed by atoms with E-state index in [0.717, 1.165) is 0 Å². The summed E-state index contributed by atoms with van der Waals surface area (Å²) in [6.07, 6.45) is 0. The van der Waals surface area contributed by atoms with Crippen LogP contribution in [0.25, 0.3) is 21.9 Å². The van der Waals surface area contributed by atoms with Gasteiger partial charge in [-0.2, -0.15) is 0 Å². The zero-order valence-electron chi connectivity index (χ0n) is 17.3. The third-order valence-electron chi connectivity index (χ3n) is 4.43. The fraction of sp³-hybridized carbons (Fsp3) is 0.364. The number of carbonyl (C=O) groups is 1. The van der Waals surface area contributed by atoms with Gasteiger partial charge in [-0.15, -0.1) is 0 Å². The van der Waals surface area contributed by atoms with Gasteiger partial charge in [-0.05, 0) is 42.2 Å². The summed E-state index contributed by atoms with van der Waals surface area (Å²) < 4.78 is 31.8. The predicted octanol–water partition coefficient (Wildman–Crippen LogP) is 4.17. The molecule has 6 nitrogen and oxygen atoms in total. The Labute approximate surface area is 179 Å². The zero-order chi connectivity index (χ0) is 22.2. The Hall–Kier alpha value is -2.32. The van der Waals surface area contributed by atoms with Crippen molar-refractivity contribution in [1.82, 2.24) is 0 Å². The molecule has 0 aliphatic heterocycles. The van der Waals surface area contributed by atoms with Gasteiger partial charge in [0.2, 0.25) is 5.43 Å². The topological polar surface area (TPSA) is 102 Å². The van der Waals surface area contributed by atoms with Gasteiger partial charge in [0.25, 0.3) is 0 Å². The molecule has 0 saturated carbocycles. The lowest BCUT2D eigenvalue weighted by Gasteiger charge is -2.12. The number of aromatic carboxylic acids is 1. The molecular formula is C22H24O6S2. The van der Waals surface area contributed by atoms with Crippen LogP contribution in [0.3, 0.4) is 0 Å². The van der Waals surface area contributed by atoms with E-state index in [-0.39, 0.29) is 39.3 Å². The highest BCUT2D eigenvalue weighted by molar-refractivity contribution is 7.86. The Morgan fingerprint density at radius 3 is 2.20 bits per heavy atom. The molecule has 0 aliphatic rings. The van der Waals surface area contributed by atoms with Crippen LogP contribution in [0.5, 0.6) is 0 Å². The predicted molar refractivity (Wildman–Crippen MR) is 119 cm³/mol. The van der Waals surface area contributed by atoms with Crippen LogP contribution in [0.15, 0.2) is 49.3 Å². The normalized spacial score (nSPS) is 13.9. The average molecular weight is 449 g/mol. The summed E-state index contributed by atoms with van der Waals surface area (Å²) in [5.74, 6) is -0.0472. The average Bonchev–Trinajstić information content (AvgIpc) is 2.66. The Morgan fingerprint density at radius 1 is 0.967 bits per heavy atom. The first-order valence-electron chi connectivity index (χ1n) is 9.63. The molecule has 1 N–H and O–H groups in total. The van der Waals surface area contributed by atoms with Gasteiger partial charge in [-0.25, -0.2) is 4.79 Å². The zero-order valence-corrected chi connectivity index (χ0v) is 18.9. The van der Waals surface area contributed by atoms with E-state index in [1.165, 1.54) is 24.3 Å². The molecule has 2 aromatic carbocycles. The Bertz CT molecular complexity index is 1240. The summed E-state index contributed by atoms with van der Waals surface area (Å²) in [5.41, 5.74) is -0.0472. The van der Waals surface area contributed by atoms with E-state index in [2.05, 4.69) is 0 Å². The van der Waals surface area contributed by atoms with Gasteiger partial charge in [0.05, 0.1) is 42.8 Å². The van der Waals surface area contributed by atoms with Crippen LogP contribution in [0, 0.1) is 11.8 Å². The fourth-order valence-corrected chi connectivity index (χ4v) is 5.90. The number of hydrogen-bond acceptors (Lipinski definition) is 5. The summed E-state index contributed by atoms with van der Waals surface area (Å²) in [7, 11) is -2.82. The molecule has 0 saturated heterocycles. The maximum Gasteiger partial charge on any atom is 0.335 e. The first-order chi connectivity index (χ1) is 14.1. The number of rotatable bonds is 7. The Balaban J connectivity index is 2.35. The molecule has 0 bridgehead atoms. The maximum atomic E-state index is 13.2. The summed E-state index contributed by atoms with van der Waals surface area (Å²) in [6.45, 7) is 7.79. The minimum atomic E-state index is -1.45. The van der Waals surface area contributed by atoms with Crippen molar-refractivity contribution < 1.29 is 22.7 Å². The van der Waals surface area contributed by atoms with Gasteiger partial charge in [0.1, 0.15) is 5.58 Å². The smallest absolute Gasteiger partial charge is 0.335 e. The summed E-state index contributed by atoms with van der Waals surface area (Å²) >= 11 is 0. The van der Waals surface area contributed by atoms with Crippen molar-refractivity contribution in [1.29, 1.82) is 0 Å². The van der Waals surface area contributed by atoms with Gasteiger partial charge in [-0.1, -0.05) is 27.7 Å². The fourth-order valence-electron chi connectivity index (χ4n) is 3.13. The van der Waals surface area contributed by atoms with E-state index in [9.17, 15) is 23.1 Å². The maximum absolute atomic E-state index is 13.2. The van der Waals surface area contributed by atoms with Crippen molar-refractivity contribution in [2.24, 2.45) is 11.8 Å².